The van der Waals surface area contributed by atoms with Crippen molar-refractivity contribution in [1.29, 1.82) is 0 Å². The first-order valence-corrected chi connectivity index (χ1v) is 15.7. The molecule has 136 valence electrons. The van der Waals surface area contributed by atoms with Crippen molar-refractivity contribution in [2.45, 2.75) is 84.7 Å². The van der Waals surface area contributed by atoms with Crippen molar-refractivity contribution in [2.75, 3.05) is 7.11 Å². The summed E-state index contributed by atoms with van der Waals surface area (Å²) in [6.45, 7) is 15.3. The molecule has 0 spiro atoms. The Morgan fingerprint density at radius 2 is 1.39 bits per heavy atom. The first kappa shape index (κ1) is 22.3. The monoisotopic (exact) mass is 358 g/mol. The molecule has 0 unspecified atom stereocenters. The van der Waals surface area contributed by atoms with Crippen molar-refractivity contribution < 1.29 is 13.6 Å². The van der Waals surface area contributed by atoms with E-state index in [-0.39, 0.29) is 0 Å². The summed E-state index contributed by atoms with van der Waals surface area (Å²) in [6, 6.07) is 0. The molecule has 0 aliphatic rings. The molecule has 3 nitrogen and oxygen atoms in total. The van der Waals surface area contributed by atoms with E-state index in [0.717, 1.165) is 12.2 Å². The van der Waals surface area contributed by atoms with Crippen LogP contribution in [0.15, 0.2) is 23.9 Å². The second-order valence-corrected chi connectivity index (χ2v) is 16.8. The van der Waals surface area contributed by atoms with Crippen LogP contribution in [0.2, 0.25) is 39.3 Å². The van der Waals surface area contributed by atoms with E-state index in [1.54, 1.807) is 7.11 Å². The lowest BCUT2D eigenvalue weighted by molar-refractivity contribution is 0.145. The summed E-state index contributed by atoms with van der Waals surface area (Å²) in [6.07, 6.45) is 11.6. The summed E-state index contributed by atoms with van der Waals surface area (Å²) in [7, 11) is -1.68. The predicted molar refractivity (Wildman–Crippen MR) is 105 cm³/mol. The summed E-state index contributed by atoms with van der Waals surface area (Å²) < 4.78 is 17.6. The van der Waals surface area contributed by atoms with Crippen molar-refractivity contribution >= 4 is 16.6 Å². The highest BCUT2D eigenvalue weighted by Gasteiger charge is 2.21. The minimum atomic E-state index is -1.68. The lowest BCUT2D eigenvalue weighted by atomic mass is 10.1. The van der Waals surface area contributed by atoms with Crippen molar-refractivity contribution in [3.63, 3.8) is 0 Å². The largest absolute Gasteiger partial charge is 0.544 e. The van der Waals surface area contributed by atoms with Gasteiger partial charge in [-0.05, 0) is 58.2 Å². The van der Waals surface area contributed by atoms with Crippen LogP contribution in [0.1, 0.15) is 45.4 Å². The molecule has 0 aromatic carbocycles. The summed E-state index contributed by atoms with van der Waals surface area (Å²) in [5.74, 6) is 1.47. The molecule has 0 aliphatic heterocycles. The van der Waals surface area contributed by atoms with Crippen LogP contribution < -0.4 is 0 Å². The highest BCUT2D eigenvalue weighted by Crippen LogP contribution is 2.18. The van der Waals surface area contributed by atoms with Crippen molar-refractivity contribution in [1.82, 2.24) is 0 Å². The number of hydrogen-bond acceptors (Lipinski definition) is 3. The van der Waals surface area contributed by atoms with Gasteiger partial charge in [0.15, 0.2) is 0 Å². The zero-order valence-electron chi connectivity index (χ0n) is 16.6. The van der Waals surface area contributed by atoms with E-state index >= 15 is 0 Å². The molecule has 0 radical (unpaired) electrons. The third-order valence-corrected chi connectivity index (χ3v) is 4.61. The van der Waals surface area contributed by atoms with Gasteiger partial charge in [0.25, 0.3) is 5.95 Å². The topological polar surface area (TPSA) is 27.7 Å². The SMILES string of the molecule is CCCCCCCC=C(C=C(OC)O[Si](C)(C)C)O[Si](C)(C)C. The average Bonchev–Trinajstić information content (AvgIpc) is 2.38. The molecule has 0 heterocycles. The molecule has 0 rings (SSSR count). The quantitative estimate of drug-likeness (QED) is 0.174. The molecule has 23 heavy (non-hydrogen) atoms. The molecule has 5 heteroatoms. The van der Waals surface area contributed by atoms with E-state index in [4.69, 9.17) is 13.6 Å². The van der Waals surface area contributed by atoms with Gasteiger partial charge in [0.2, 0.25) is 16.6 Å². The van der Waals surface area contributed by atoms with Gasteiger partial charge in [0.05, 0.1) is 13.2 Å². The summed E-state index contributed by atoms with van der Waals surface area (Å²) in [5, 5.41) is 0. The normalized spacial score (nSPS) is 13.9. The van der Waals surface area contributed by atoms with Crippen LogP contribution >= 0.6 is 0 Å². The molecule has 0 N–H and O–H groups in total. The van der Waals surface area contributed by atoms with Gasteiger partial charge in [-0.2, -0.15) is 0 Å². The van der Waals surface area contributed by atoms with E-state index < -0.39 is 16.6 Å². The van der Waals surface area contributed by atoms with Crippen LogP contribution in [0.4, 0.5) is 0 Å². The Morgan fingerprint density at radius 3 is 1.87 bits per heavy atom. The first-order valence-electron chi connectivity index (χ1n) is 8.91. The Balaban J connectivity index is 4.84. The minimum Gasteiger partial charge on any atom is -0.544 e. The van der Waals surface area contributed by atoms with Gasteiger partial charge in [-0.3, -0.25) is 0 Å². The van der Waals surface area contributed by atoms with Gasteiger partial charge in [-0.25, -0.2) is 0 Å². The van der Waals surface area contributed by atoms with Crippen LogP contribution in [-0.2, 0) is 13.6 Å². The van der Waals surface area contributed by atoms with Crippen LogP contribution in [0.3, 0.4) is 0 Å². The summed E-state index contributed by atoms with van der Waals surface area (Å²) in [5.41, 5.74) is 0. The summed E-state index contributed by atoms with van der Waals surface area (Å²) >= 11 is 0. The molecule has 0 bridgehead atoms. The molecular weight excluding hydrogens is 320 g/mol. The smallest absolute Gasteiger partial charge is 0.268 e. The number of allylic oxidation sites excluding steroid dienone is 2. The van der Waals surface area contributed by atoms with Crippen molar-refractivity contribution in [3.8, 4) is 0 Å². The highest BCUT2D eigenvalue weighted by molar-refractivity contribution is 6.70. The third-order valence-electron chi connectivity index (χ3n) is 2.95. The average molecular weight is 359 g/mol. The van der Waals surface area contributed by atoms with Crippen molar-refractivity contribution in [3.05, 3.63) is 23.9 Å². The Hall–Kier alpha value is -0.686. The van der Waals surface area contributed by atoms with Crippen LogP contribution in [0, 0.1) is 0 Å². The maximum atomic E-state index is 6.19. The van der Waals surface area contributed by atoms with Gasteiger partial charge in [-0.15, -0.1) is 0 Å². The fourth-order valence-corrected chi connectivity index (χ4v) is 3.62. The fourth-order valence-electron chi connectivity index (χ4n) is 2.02. The zero-order chi connectivity index (χ0) is 17.9. The van der Waals surface area contributed by atoms with Gasteiger partial charge < -0.3 is 13.6 Å². The fraction of sp³-hybridized carbons (Fsp3) is 0.778. The summed E-state index contributed by atoms with van der Waals surface area (Å²) in [4.78, 5) is 0. The highest BCUT2D eigenvalue weighted by atomic mass is 28.4. The van der Waals surface area contributed by atoms with E-state index in [1.165, 1.54) is 32.1 Å². The number of rotatable bonds is 12. The molecule has 0 saturated carbocycles. The van der Waals surface area contributed by atoms with Crippen LogP contribution in [-0.4, -0.2) is 23.7 Å². The Labute approximate surface area is 146 Å². The van der Waals surface area contributed by atoms with Gasteiger partial charge in [0, 0.05) is 0 Å². The van der Waals surface area contributed by atoms with Crippen LogP contribution in [0.5, 0.6) is 0 Å². The van der Waals surface area contributed by atoms with E-state index in [2.05, 4.69) is 52.3 Å². The van der Waals surface area contributed by atoms with Crippen molar-refractivity contribution in [2.24, 2.45) is 0 Å². The minimum absolute atomic E-state index is 0.569. The molecule has 0 atom stereocenters. The predicted octanol–water partition coefficient (Wildman–Crippen LogP) is 6.42. The number of ether oxygens (including phenoxy) is 1. The second kappa shape index (κ2) is 11.0. The number of unbranched alkanes of at least 4 members (excludes halogenated alkanes) is 5. The number of methoxy groups -OCH3 is 1. The molecule has 0 amide bonds. The van der Waals surface area contributed by atoms with Gasteiger partial charge >= 0.3 is 0 Å². The lowest BCUT2D eigenvalue weighted by Crippen LogP contribution is -2.26. The first-order chi connectivity index (χ1) is 10.6. The van der Waals surface area contributed by atoms with Gasteiger partial charge in [-0.1, -0.05) is 32.6 Å². The third kappa shape index (κ3) is 14.6. The Kier molecular flexibility index (Phi) is 10.6. The molecule has 0 aromatic rings. The van der Waals surface area contributed by atoms with E-state index in [9.17, 15) is 0 Å². The molecule has 0 saturated heterocycles. The van der Waals surface area contributed by atoms with E-state index in [1.807, 2.05) is 6.08 Å². The van der Waals surface area contributed by atoms with Gasteiger partial charge in [0.1, 0.15) is 5.76 Å². The standard InChI is InChI=1S/C18H38O3Si2/c1-9-10-11-12-13-14-15-17(20-22(3,4)5)16-18(19-2)21-23(6,7)8/h15-16H,9-14H2,1-8H3. The second-order valence-electron chi connectivity index (χ2n) is 7.91. The van der Waals surface area contributed by atoms with E-state index in [0.29, 0.717) is 5.95 Å². The molecule has 0 fully saturated rings. The molecular formula is C18H38O3Si2. The maximum absolute atomic E-state index is 6.19. The maximum Gasteiger partial charge on any atom is 0.268 e. The van der Waals surface area contributed by atoms with Crippen LogP contribution in [0.25, 0.3) is 0 Å². The lowest BCUT2D eigenvalue weighted by Gasteiger charge is -2.23. The Morgan fingerprint density at radius 1 is 0.826 bits per heavy atom. The Bertz CT molecular complexity index is 377. The molecule has 0 aromatic heterocycles. The number of hydrogen-bond donors (Lipinski definition) is 0. The zero-order valence-corrected chi connectivity index (χ0v) is 18.6. The molecule has 0 aliphatic carbocycles.